The van der Waals surface area contributed by atoms with E-state index in [9.17, 15) is 9.59 Å². The van der Waals surface area contributed by atoms with Gasteiger partial charge in [0, 0.05) is 5.69 Å². The van der Waals surface area contributed by atoms with E-state index >= 15 is 0 Å². The van der Waals surface area contributed by atoms with Crippen molar-refractivity contribution in [2.45, 2.75) is 19.4 Å². The summed E-state index contributed by atoms with van der Waals surface area (Å²) in [7, 11) is 0. The van der Waals surface area contributed by atoms with Gasteiger partial charge in [0.25, 0.3) is 5.91 Å². The lowest BCUT2D eigenvalue weighted by molar-refractivity contribution is -0.152. The lowest BCUT2D eigenvalue weighted by atomic mass is 10.1. The number of benzene rings is 2. The van der Waals surface area contributed by atoms with Gasteiger partial charge in [0.15, 0.2) is 6.10 Å². The van der Waals surface area contributed by atoms with E-state index in [0.717, 1.165) is 0 Å². The number of anilines is 1. The molecular formula is C17H15Cl2NO3. The third kappa shape index (κ3) is 5.27. The maximum Gasteiger partial charge on any atom is 0.311 e. The van der Waals surface area contributed by atoms with Crippen LogP contribution in [0.15, 0.2) is 48.5 Å². The number of nitrogens with one attached hydrogen (secondary N) is 1. The summed E-state index contributed by atoms with van der Waals surface area (Å²) in [6.07, 6.45) is -0.884. The fourth-order valence-electron chi connectivity index (χ4n) is 1.87. The molecule has 1 N–H and O–H groups in total. The van der Waals surface area contributed by atoms with Crippen molar-refractivity contribution in [2.24, 2.45) is 0 Å². The highest BCUT2D eigenvalue weighted by atomic mass is 35.5. The largest absolute Gasteiger partial charge is 0.452 e. The second kappa shape index (κ2) is 7.99. The van der Waals surface area contributed by atoms with Crippen LogP contribution in [0.2, 0.25) is 10.0 Å². The number of carbonyl (C=O) groups excluding carboxylic acids is 2. The molecule has 0 aliphatic heterocycles. The van der Waals surface area contributed by atoms with Crippen molar-refractivity contribution in [3.8, 4) is 0 Å². The number of halogens is 2. The van der Waals surface area contributed by atoms with Crippen LogP contribution in [0, 0.1) is 0 Å². The maximum absolute atomic E-state index is 12.0. The minimum atomic E-state index is -0.898. The van der Waals surface area contributed by atoms with Gasteiger partial charge in [-0.15, -0.1) is 0 Å². The van der Waals surface area contributed by atoms with Gasteiger partial charge < -0.3 is 10.1 Å². The Morgan fingerprint density at radius 3 is 2.43 bits per heavy atom. The second-order valence-electron chi connectivity index (χ2n) is 4.91. The molecular weight excluding hydrogens is 337 g/mol. The van der Waals surface area contributed by atoms with Crippen molar-refractivity contribution in [1.82, 2.24) is 0 Å². The van der Waals surface area contributed by atoms with Crippen LogP contribution in [0.3, 0.4) is 0 Å². The smallest absolute Gasteiger partial charge is 0.311 e. The summed E-state index contributed by atoms with van der Waals surface area (Å²) in [5.74, 6) is -0.905. The molecule has 0 heterocycles. The normalized spacial score (nSPS) is 11.6. The first-order valence-corrected chi connectivity index (χ1v) is 7.70. The highest BCUT2D eigenvalue weighted by Crippen LogP contribution is 2.23. The van der Waals surface area contributed by atoms with E-state index in [-0.39, 0.29) is 6.42 Å². The van der Waals surface area contributed by atoms with Gasteiger partial charge in [-0.3, -0.25) is 9.59 Å². The van der Waals surface area contributed by atoms with Crippen LogP contribution in [0.4, 0.5) is 5.69 Å². The fourth-order valence-corrected chi connectivity index (χ4v) is 2.19. The van der Waals surface area contributed by atoms with Gasteiger partial charge in [-0.05, 0) is 36.8 Å². The van der Waals surface area contributed by atoms with Gasteiger partial charge >= 0.3 is 5.97 Å². The minimum absolute atomic E-state index is 0.0137. The number of hydrogen-bond donors (Lipinski definition) is 1. The summed E-state index contributed by atoms with van der Waals surface area (Å²) in [6, 6.07) is 13.8. The highest BCUT2D eigenvalue weighted by Gasteiger charge is 2.18. The SMILES string of the molecule is CC(OC(=O)Cc1ccc(Cl)c(Cl)c1)C(=O)Nc1ccccc1. The van der Waals surface area contributed by atoms with Crippen molar-refractivity contribution < 1.29 is 14.3 Å². The standard InChI is InChI=1S/C17H15Cl2NO3/c1-11(17(22)20-13-5-3-2-4-6-13)23-16(21)10-12-7-8-14(18)15(19)9-12/h2-9,11H,10H2,1H3,(H,20,22). The van der Waals surface area contributed by atoms with Gasteiger partial charge in [-0.1, -0.05) is 47.5 Å². The van der Waals surface area contributed by atoms with Crippen LogP contribution < -0.4 is 5.32 Å². The fraction of sp³-hybridized carbons (Fsp3) is 0.176. The zero-order valence-electron chi connectivity index (χ0n) is 12.4. The van der Waals surface area contributed by atoms with Crippen LogP contribution in [-0.4, -0.2) is 18.0 Å². The number of hydrogen-bond acceptors (Lipinski definition) is 3. The maximum atomic E-state index is 12.0. The Kier molecular flexibility index (Phi) is 6.02. The Hall–Kier alpha value is -2.04. The third-order valence-corrected chi connectivity index (χ3v) is 3.79. The van der Waals surface area contributed by atoms with Gasteiger partial charge in [-0.2, -0.15) is 0 Å². The molecule has 0 bridgehead atoms. The third-order valence-electron chi connectivity index (χ3n) is 3.05. The molecule has 0 saturated heterocycles. The number of ether oxygens (including phenoxy) is 1. The molecule has 0 aromatic heterocycles. The first kappa shape index (κ1) is 17.3. The van der Waals surface area contributed by atoms with E-state index in [1.807, 2.05) is 6.07 Å². The molecule has 120 valence electrons. The number of rotatable bonds is 5. The summed E-state index contributed by atoms with van der Waals surface area (Å²) in [4.78, 5) is 23.9. The van der Waals surface area contributed by atoms with E-state index in [0.29, 0.717) is 21.3 Å². The van der Waals surface area contributed by atoms with Crippen molar-refractivity contribution in [1.29, 1.82) is 0 Å². The van der Waals surface area contributed by atoms with Crippen molar-refractivity contribution in [3.05, 3.63) is 64.1 Å². The molecule has 0 saturated carbocycles. The van der Waals surface area contributed by atoms with E-state index in [1.54, 1.807) is 42.5 Å². The van der Waals surface area contributed by atoms with Gasteiger partial charge in [0.2, 0.25) is 0 Å². The van der Waals surface area contributed by atoms with E-state index in [4.69, 9.17) is 27.9 Å². The monoisotopic (exact) mass is 351 g/mol. The highest BCUT2D eigenvalue weighted by molar-refractivity contribution is 6.42. The quantitative estimate of drug-likeness (QED) is 0.824. The van der Waals surface area contributed by atoms with Crippen LogP contribution in [-0.2, 0) is 20.7 Å². The lowest BCUT2D eigenvalue weighted by Gasteiger charge is -2.13. The van der Waals surface area contributed by atoms with E-state index in [2.05, 4.69) is 5.32 Å². The molecule has 0 aliphatic rings. The predicted molar refractivity (Wildman–Crippen MR) is 90.8 cm³/mol. The van der Waals surface area contributed by atoms with Crippen LogP contribution in [0.5, 0.6) is 0 Å². The molecule has 2 aromatic carbocycles. The van der Waals surface area contributed by atoms with E-state index in [1.165, 1.54) is 6.92 Å². The lowest BCUT2D eigenvalue weighted by Crippen LogP contribution is -2.30. The molecule has 1 amide bonds. The molecule has 1 atom stereocenters. The van der Waals surface area contributed by atoms with Crippen molar-refractivity contribution >= 4 is 40.8 Å². The number of amides is 1. The van der Waals surface area contributed by atoms with Crippen molar-refractivity contribution in [3.63, 3.8) is 0 Å². The van der Waals surface area contributed by atoms with Gasteiger partial charge in [-0.25, -0.2) is 0 Å². The number of para-hydroxylation sites is 1. The van der Waals surface area contributed by atoms with Crippen LogP contribution in [0.1, 0.15) is 12.5 Å². The summed E-state index contributed by atoms with van der Waals surface area (Å²) >= 11 is 11.7. The van der Waals surface area contributed by atoms with Gasteiger partial charge in [0.1, 0.15) is 0 Å². The molecule has 6 heteroatoms. The average Bonchev–Trinajstić information content (AvgIpc) is 2.51. The van der Waals surface area contributed by atoms with Crippen LogP contribution >= 0.6 is 23.2 Å². The Bertz CT molecular complexity index is 704. The molecule has 4 nitrogen and oxygen atoms in total. The predicted octanol–water partition coefficient (Wildman–Crippen LogP) is 4.11. The minimum Gasteiger partial charge on any atom is -0.452 e. The topological polar surface area (TPSA) is 55.4 Å². The Balaban J connectivity index is 1.88. The second-order valence-corrected chi connectivity index (χ2v) is 5.73. The molecule has 0 radical (unpaired) electrons. The molecule has 2 rings (SSSR count). The Morgan fingerprint density at radius 2 is 1.78 bits per heavy atom. The zero-order valence-corrected chi connectivity index (χ0v) is 13.9. The number of carbonyl (C=O) groups is 2. The average molecular weight is 352 g/mol. The molecule has 2 aromatic rings. The van der Waals surface area contributed by atoms with E-state index < -0.39 is 18.0 Å². The first-order chi connectivity index (χ1) is 11.0. The summed E-state index contributed by atoms with van der Waals surface area (Å²) in [6.45, 7) is 1.52. The summed E-state index contributed by atoms with van der Waals surface area (Å²) < 4.78 is 5.13. The molecule has 0 spiro atoms. The molecule has 23 heavy (non-hydrogen) atoms. The summed E-state index contributed by atoms with van der Waals surface area (Å²) in [5.41, 5.74) is 1.31. The summed E-state index contributed by atoms with van der Waals surface area (Å²) in [5, 5.41) is 3.46. The zero-order chi connectivity index (χ0) is 16.8. The van der Waals surface area contributed by atoms with Gasteiger partial charge in [0.05, 0.1) is 16.5 Å². The molecule has 1 unspecified atom stereocenters. The first-order valence-electron chi connectivity index (χ1n) is 6.95. The van der Waals surface area contributed by atoms with Crippen LogP contribution in [0.25, 0.3) is 0 Å². The molecule has 0 aliphatic carbocycles. The van der Waals surface area contributed by atoms with Crippen molar-refractivity contribution in [2.75, 3.05) is 5.32 Å². The Labute approximate surface area is 144 Å². The number of esters is 1. The molecule has 0 fully saturated rings. The Morgan fingerprint density at radius 1 is 1.09 bits per heavy atom.